The molecule has 0 aliphatic rings. The van der Waals surface area contributed by atoms with Crippen LogP contribution < -0.4 is 0 Å². The van der Waals surface area contributed by atoms with Crippen LogP contribution in [-0.4, -0.2) is 25.3 Å². The maximum atomic E-state index is 5.25. The van der Waals surface area contributed by atoms with E-state index in [-0.39, 0.29) is 0 Å². The molecule has 1 N–H and O–H groups in total. The average molecular weight is 241 g/mol. The molecule has 0 unspecified atom stereocenters. The molecular formula is C12H11N5O. The Hall–Kier alpha value is -2.50. The first-order valence-corrected chi connectivity index (χ1v) is 5.51. The standard InChI is InChI=1S/C12H11N5O/c1-7-3-4-9(8(2)5-7)12-15-11(17-18-12)10-13-6-14-16-10/h3-6H,1-2H3,(H,13,14,16). The summed E-state index contributed by atoms with van der Waals surface area (Å²) in [6, 6.07) is 6.07. The number of nitrogens with zero attached hydrogens (tertiary/aromatic N) is 4. The van der Waals surface area contributed by atoms with Crippen LogP contribution in [0.2, 0.25) is 0 Å². The first kappa shape index (κ1) is 10.6. The number of H-pyrrole nitrogens is 1. The summed E-state index contributed by atoms with van der Waals surface area (Å²) < 4.78 is 5.25. The van der Waals surface area contributed by atoms with Crippen molar-refractivity contribution in [3.8, 4) is 23.1 Å². The Bertz CT molecular complexity index is 672. The summed E-state index contributed by atoms with van der Waals surface area (Å²) in [7, 11) is 0. The van der Waals surface area contributed by atoms with Crippen LogP contribution >= 0.6 is 0 Å². The van der Waals surface area contributed by atoms with Gasteiger partial charge in [0.15, 0.2) is 5.82 Å². The number of hydrogen-bond acceptors (Lipinski definition) is 5. The van der Waals surface area contributed by atoms with E-state index >= 15 is 0 Å². The summed E-state index contributed by atoms with van der Waals surface area (Å²) >= 11 is 0. The minimum Gasteiger partial charge on any atom is -0.333 e. The van der Waals surface area contributed by atoms with Gasteiger partial charge in [-0.3, -0.25) is 5.10 Å². The Labute approximate surface area is 103 Å². The van der Waals surface area contributed by atoms with Gasteiger partial charge in [-0.1, -0.05) is 22.9 Å². The van der Waals surface area contributed by atoms with Gasteiger partial charge in [0, 0.05) is 5.56 Å². The first-order valence-electron chi connectivity index (χ1n) is 5.51. The van der Waals surface area contributed by atoms with Crippen LogP contribution in [0.3, 0.4) is 0 Å². The zero-order valence-electron chi connectivity index (χ0n) is 10.0. The molecule has 1 aromatic carbocycles. The number of nitrogens with one attached hydrogen (secondary N) is 1. The van der Waals surface area contributed by atoms with Crippen molar-refractivity contribution in [2.45, 2.75) is 13.8 Å². The van der Waals surface area contributed by atoms with E-state index in [2.05, 4.69) is 31.4 Å². The van der Waals surface area contributed by atoms with Crippen molar-refractivity contribution in [3.63, 3.8) is 0 Å². The first-order chi connectivity index (χ1) is 8.74. The lowest BCUT2D eigenvalue weighted by Gasteiger charge is -2.00. The summed E-state index contributed by atoms with van der Waals surface area (Å²) in [5, 5.41) is 10.3. The van der Waals surface area contributed by atoms with E-state index in [1.807, 2.05) is 26.0 Å². The Morgan fingerprint density at radius 2 is 2.11 bits per heavy atom. The van der Waals surface area contributed by atoms with Gasteiger partial charge in [0.1, 0.15) is 6.33 Å². The SMILES string of the molecule is Cc1ccc(-c2nc(-c3ncn[nH]3)no2)c(C)c1. The number of hydrogen-bond donors (Lipinski definition) is 1. The maximum absolute atomic E-state index is 5.25. The molecule has 0 spiro atoms. The van der Waals surface area contributed by atoms with Crippen LogP contribution in [0.4, 0.5) is 0 Å². The summed E-state index contributed by atoms with van der Waals surface area (Å²) in [5.41, 5.74) is 3.23. The maximum Gasteiger partial charge on any atom is 0.258 e. The van der Waals surface area contributed by atoms with Crippen LogP contribution in [0, 0.1) is 13.8 Å². The number of rotatable bonds is 2. The average Bonchev–Trinajstić information content (AvgIpc) is 2.99. The van der Waals surface area contributed by atoms with Gasteiger partial charge in [-0.05, 0) is 25.5 Å². The van der Waals surface area contributed by atoms with Gasteiger partial charge >= 0.3 is 0 Å². The molecule has 0 bridgehead atoms. The van der Waals surface area contributed by atoms with Crippen molar-refractivity contribution in [2.24, 2.45) is 0 Å². The van der Waals surface area contributed by atoms with Crippen molar-refractivity contribution in [1.82, 2.24) is 25.3 Å². The third-order valence-corrected chi connectivity index (χ3v) is 2.67. The Balaban J connectivity index is 2.03. The van der Waals surface area contributed by atoms with Crippen LogP contribution in [-0.2, 0) is 0 Å². The molecule has 0 saturated carbocycles. The van der Waals surface area contributed by atoms with Crippen molar-refractivity contribution in [3.05, 3.63) is 35.7 Å². The molecule has 0 radical (unpaired) electrons. The van der Waals surface area contributed by atoms with Gasteiger partial charge in [0.25, 0.3) is 5.89 Å². The molecule has 90 valence electrons. The molecule has 2 heterocycles. The van der Waals surface area contributed by atoms with E-state index in [1.54, 1.807) is 0 Å². The lowest BCUT2D eigenvalue weighted by Crippen LogP contribution is -1.86. The van der Waals surface area contributed by atoms with Crippen molar-refractivity contribution in [2.75, 3.05) is 0 Å². The topological polar surface area (TPSA) is 80.5 Å². The number of aromatic amines is 1. The third kappa shape index (κ3) is 1.77. The molecule has 3 rings (SSSR count). The summed E-state index contributed by atoms with van der Waals surface area (Å²) in [4.78, 5) is 8.28. The predicted octanol–water partition coefficient (Wildman–Crippen LogP) is 2.14. The number of benzene rings is 1. The van der Waals surface area contributed by atoms with E-state index in [0.717, 1.165) is 11.1 Å². The van der Waals surface area contributed by atoms with Crippen molar-refractivity contribution < 1.29 is 4.52 Å². The Kier molecular flexibility index (Phi) is 2.40. The van der Waals surface area contributed by atoms with Crippen molar-refractivity contribution >= 4 is 0 Å². The fourth-order valence-corrected chi connectivity index (χ4v) is 1.80. The van der Waals surface area contributed by atoms with E-state index in [1.165, 1.54) is 11.9 Å². The second kappa shape index (κ2) is 4.06. The van der Waals surface area contributed by atoms with E-state index in [0.29, 0.717) is 17.5 Å². The van der Waals surface area contributed by atoms with Gasteiger partial charge < -0.3 is 4.52 Å². The molecule has 3 aromatic rings. The zero-order valence-corrected chi connectivity index (χ0v) is 10.0. The van der Waals surface area contributed by atoms with Crippen molar-refractivity contribution in [1.29, 1.82) is 0 Å². The molecule has 0 atom stereocenters. The summed E-state index contributed by atoms with van der Waals surface area (Å²) in [6.07, 6.45) is 1.41. The van der Waals surface area contributed by atoms with Crippen LogP contribution in [0.25, 0.3) is 23.1 Å². The molecule has 0 amide bonds. The van der Waals surface area contributed by atoms with Gasteiger partial charge in [-0.25, -0.2) is 4.98 Å². The molecule has 18 heavy (non-hydrogen) atoms. The van der Waals surface area contributed by atoms with Gasteiger partial charge in [-0.15, -0.1) is 0 Å². The third-order valence-electron chi connectivity index (χ3n) is 2.67. The minimum atomic E-state index is 0.405. The van der Waals surface area contributed by atoms with Crippen LogP contribution in [0.5, 0.6) is 0 Å². The normalized spacial score (nSPS) is 10.8. The highest BCUT2D eigenvalue weighted by Gasteiger charge is 2.13. The predicted molar refractivity (Wildman–Crippen MR) is 64.6 cm³/mol. The van der Waals surface area contributed by atoms with E-state index in [9.17, 15) is 0 Å². The number of aryl methyl sites for hydroxylation is 2. The fraction of sp³-hybridized carbons (Fsp3) is 0.167. The largest absolute Gasteiger partial charge is 0.333 e. The van der Waals surface area contributed by atoms with Gasteiger partial charge in [-0.2, -0.15) is 10.1 Å². The van der Waals surface area contributed by atoms with Crippen LogP contribution in [0.1, 0.15) is 11.1 Å². The molecule has 0 fully saturated rings. The Morgan fingerprint density at radius 1 is 1.22 bits per heavy atom. The lowest BCUT2D eigenvalue weighted by atomic mass is 10.1. The smallest absolute Gasteiger partial charge is 0.258 e. The number of aromatic nitrogens is 5. The molecular weight excluding hydrogens is 230 g/mol. The highest BCUT2D eigenvalue weighted by atomic mass is 16.5. The lowest BCUT2D eigenvalue weighted by molar-refractivity contribution is 0.431. The van der Waals surface area contributed by atoms with Gasteiger partial charge in [0.05, 0.1) is 0 Å². The monoisotopic (exact) mass is 241 g/mol. The van der Waals surface area contributed by atoms with E-state index < -0.39 is 0 Å². The summed E-state index contributed by atoms with van der Waals surface area (Å²) in [5.74, 6) is 1.39. The highest BCUT2D eigenvalue weighted by molar-refractivity contribution is 5.60. The summed E-state index contributed by atoms with van der Waals surface area (Å²) in [6.45, 7) is 4.06. The molecule has 6 nitrogen and oxygen atoms in total. The molecule has 0 saturated heterocycles. The van der Waals surface area contributed by atoms with Crippen LogP contribution in [0.15, 0.2) is 29.0 Å². The zero-order chi connectivity index (χ0) is 12.5. The molecule has 0 aliphatic heterocycles. The van der Waals surface area contributed by atoms with E-state index in [4.69, 9.17) is 4.52 Å². The fourth-order valence-electron chi connectivity index (χ4n) is 1.80. The molecule has 0 aliphatic carbocycles. The van der Waals surface area contributed by atoms with Gasteiger partial charge in [0.2, 0.25) is 5.82 Å². The Morgan fingerprint density at radius 3 is 2.83 bits per heavy atom. The molecule has 2 aromatic heterocycles. The quantitative estimate of drug-likeness (QED) is 0.743. The minimum absolute atomic E-state index is 0.405. The highest BCUT2D eigenvalue weighted by Crippen LogP contribution is 2.24. The molecule has 6 heteroatoms. The second-order valence-corrected chi connectivity index (χ2v) is 4.08. The second-order valence-electron chi connectivity index (χ2n) is 4.08.